The van der Waals surface area contributed by atoms with Crippen molar-refractivity contribution in [2.75, 3.05) is 32.7 Å². The van der Waals surface area contributed by atoms with Crippen molar-refractivity contribution < 1.29 is 4.79 Å². The number of piperidine rings is 1. The number of amides is 1. The summed E-state index contributed by atoms with van der Waals surface area (Å²) in [4.78, 5) is 17.2. The van der Waals surface area contributed by atoms with Crippen LogP contribution in [-0.4, -0.2) is 54.0 Å². The van der Waals surface area contributed by atoms with Gasteiger partial charge in [0.2, 0.25) is 5.91 Å². The number of carbonyl (C=O) groups excluding carboxylic acids is 1. The van der Waals surface area contributed by atoms with Crippen LogP contribution in [0.5, 0.6) is 0 Å². The van der Waals surface area contributed by atoms with Crippen molar-refractivity contribution in [1.29, 1.82) is 0 Å². The van der Waals surface area contributed by atoms with Crippen LogP contribution in [0.4, 0.5) is 0 Å². The van der Waals surface area contributed by atoms with Gasteiger partial charge in [-0.3, -0.25) is 14.6 Å². The fourth-order valence-electron chi connectivity index (χ4n) is 4.67. The lowest BCUT2D eigenvalue weighted by atomic mass is 9.79. The quantitative estimate of drug-likeness (QED) is 0.899. The van der Waals surface area contributed by atoms with Gasteiger partial charge in [0.15, 0.2) is 0 Å². The lowest BCUT2D eigenvalue weighted by molar-refractivity contribution is -0.123. The van der Waals surface area contributed by atoms with Gasteiger partial charge in [-0.25, -0.2) is 0 Å². The number of carbonyl (C=O) groups is 1. The van der Waals surface area contributed by atoms with Gasteiger partial charge >= 0.3 is 0 Å². The highest BCUT2D eigenvalue weighted by molar-refractivity contribution is 5.78. The van der Waals surface area contributed by atoms with Gasteiger partial charge in [0.25, 0.3) is 0 Å². The smallest absolute Gasteiger partial charge is 0.234 e. The first kappa shape index (κ1) is 19.4. The summed E-state index contributed by atoms with van der Waals surface area (Å²) in [6.45, 7) is 14.4. The number of nitrogens with zero attached hydrogens (tertiary/aromatic N) is 2. The van der Waals surface area contributed by atoms with Crippen LogP contribution in [0.2, 0.25) is 0 Å². The molecule has 3 rings (SSSR count). The first-order chi connectivity index (χ1) is 12.2. The van der Waals surface area contributed by atoms with Crippen molar-refractivity contribution in [3.63, 3.8) is 0 Å². The number of hydrogen-bond acceptors (Lipinski definition) is 3. The van der Waals surface area contributed by atoms with E-state index in [0.717, 1.165) is 19.6 Å². The van der Waals surface area contributed by atoms with Crippen LogP contribution in [0.15, 0.2) is 24.3 Å². The normalized spacial score (nSPS) is 24.9. The molecule has 0 unspecified atom stereocenters. The molecule has 2 saturated heterocycles. The highest BCUT2D eigenvalue weighted by Crippen LogP contribution is 2.39. The Morgan fingerprint density at radius 2 is 1.92 bits per heavy atom. The number of nitrogens with one attached hydrogen (secondary N) is 1. The van der Waals surface area contributed by atoms with Crippen LogP contribution < -0.4 is 5.32 Å². The third-order valence-electron chi connectivity index (χ3n) is 5.63. The first-order valence-corrected chi connectivity index (χ1v) is 10.0. The lowest BCUT2D eigenvalue weighted by Gasteiger charge is -2.40. The molecule has 0 radical (unpaired) electrons. The van der Waals surface area contributed by atoms with Crippen LogP contribution in [-0.2, 0) is 11.3 Å². The summed E-state index contributed by atoms with van der Waals surface area (Å²) in [7, 11) is 0. The second-order valence-electron chi connectivity index (χ2n) is 9.56. The van der Waals surface area contributed by atoms with Crippen LogP contribution in [0.3, 0.4) is 0 Å². The van der Waals surface area contributed by atoms with Gasteiger partial charge in [0.05, 0.1) is 6.54 Å². The maximum absolute atomic E-state index is 12.3. The van der Waals surface area contributed by atoms with Crippen LogP contribution in [0.1, 0.15) is 51.2 Å². The highest BCUT2D eigenvalue weighted by Gasteiger charge is 2.41. The number of rotatable bonds is 4. The summed E-state index contributed by atoms with van der Waals surface area (Å²) in [5.74, 6) is 0.155. The predicted molar refractivity (Wildman–Crippen MR) is 107 cm³/mol. The molecule has 1 aromatic rings. The van der Waals surface area contributed by atoms with Gasteiger partial charge in [-0.15, -0.1) is 0 Å². The van der Waals surface area contributed by atoms with E-state index >= 15 is 0 Å². The van der Waals surface area contributed by atoms with E-state index in [0.29, 0.717) is 12.0 Å². The number of likely N-dealkylation sites (tertiary alicyclic amines) is 2. The maximum atomic E-state index is 12.3. The lowest BCUT2D eigenvalue weighted by Crippen LogP contribution is -2.47. The van der Waals surface area contributed by atoms with E-state index < -0.39 is 0 Å². The molecule has 2 aliphatic rings. The summed E-state index contributed by atoms with van der Waals surface area (Å²) in [6.07, 6.45) is 3.79. The van der Waals surface area contributed by atoms with Crippen LogP contribution in [0.25, 0.3) is 0 Å². The average Bonchev–Trinajstić information content (AvgIpc) is 2.87. The largest absolute Gasteiger partial charge is 0.350 e. The fraction of sp³-hybridized carbons (Fsp3) is 0.682. The summed E-state index contributed by atoms with van der Waals surface area (Å²) < 4.78 is 0. The Labute approximate surface area is 158 Å². The van der Waals surface area contributed by atoms with Crippen molar-refractivity contribution in [3.8, 4) is 0 Å². The summed E-state index contributed by atoms with van der Waals surface area (Å²) in [6, 6.07) is 8.87. The van der Waals surface area contributed by atoms with Gasteiger partial charge in [0, 0.05) is 25.2 Å². The van der Waals surface area contributed by atoms with Gasteiger partial charge in [-0.1, -0.05) is 29.8 Å². The number of benzene rings is 1. The minimum Gasteiger partial charge on any atom is -0.350 e. The molecule has 144 valence electrons. The molecule has 2 aliphatic heterocycles. The summed E-state index contributed by atoms with van der Waals surface area (Å²) in [5.41, 5.74) is 2.99. The van der Waals surface area contributed by atoms with Gasteiger partial charge < -0.3 is 5.32 Å². The molecule has 1 atom stereocenters. The molecule has 4 nitrogen and oxygen atoms in total. The Bertz CT molecular complexity index is 637. The van der Waals surface area contributed by atoms with E-state index in [1.165, 1.54) is 43.5 Å². The molecule has 1 aromatic carbocycles. The molecule has 0 bridgehead atoms. The molecule has 4 heteroatoms. The van der Waals surface area contributed by atoms with E-state index in [1.54, 1.807) is 0 Å². The zero-order valence-corrected chi connectivity index (χ0v) is 17.0. The van der Waals surface area contributed by atoms with E-state index in [1.807, 2.05) is 20.8 Å². The molecule has 1 N–H and O–H groups in total. The average molecular weight is 358 g/mol. The minimum atomic E-state index is -0.149. The molecular formula is C22H35N3O. The standard InChI is InChI=1S/C22H35N3O/c1-18-7-5-8-19(13-18)14-24-11-6-9-22(16-24)10-12-25(17-22)15-20(26)23-21(2,3)4/h5,7-8,13H,6,9-12,14-17H2,1-4H3,(H,23,26)/t22-/m1/s1. The third kappa shape index (κ3) is 5.31. The van der Waals surface area contributed by atoms with Crippen molar-refractivity contribution in [2.24, 2.45) is 5.41 Å². The number of hydrogen-bond donors (Lipinski definition) is 1. The molecule has 26 heavy (non-hydrogen) atoms. The van der Waals surface area contributed by atoms with Crippen molar-refractivity contribution >= 4 is 5.91 Å². The molecular weight excluding hydrogens is 322 g/mol. The molecule has 2 heterocycles. The van der Waals surface area contributed by atoms with E-state index in [-0.39, 0.29) is 11.4 Å². The maximum Gasteiger partial charge on any atom is 0.234 e. The van der Waals surface area contributed by atoms with Crippen molar-refractivity contribution in [2.45, 2.75) is 59.0 Å². The summed E-state index contributed by atoms with van der Waals surface area (Å²) in [5, 5.41) is 3.09. The topological polar surface area (TPSA) is 35.6 Å². The monoisotopic (exact) mass is 357 g/mol. The zero-order chi connectivity index (χ0) is 18.8. The number of aryl methyl sites for hydroxylation is 1. The van der Waals surface area contributed by atoms with Crippen LogP contribution in [0, 0.1) is 12.3 Å². The Hall–Kier alpha value is -1.39. The fourth-order valence-corrected chi connectivity index (χ4v) is 4.67. The van der Waals surface area contributed by atoms with E-state index in [4.69, 9.17) is 0 Å². The second-order valence-corrected chi connectivity index (χ2v) is 9.56. The second kappa shape index (κ2) is 7.69. The molecule has 0 aliphatic carbocycles. The van der Waals surface area contributed by atoms with Gasteiger partial charge in [-0.05, 0) is 71.0 Å². The van der Waals surface area contributed by atoms with Gasteiger partial charge in [-0.2, -0.15) is 0 Å². The predicted octanol–water partition coefficient (Wildman–Crippen LogP) is 3.20. The third-order valence-corrected chi connectivity index (χ3v) is 5.63. The van der Waals surface area contributed by atoms with E-state index in [9.17, 15) is 4.79 Å². The zero-order valence-electron chi connectivity index (χ0n) is 17.0. The van der Waals surface area contributed by atoms with E-state index in [2.05, 4.69) is 46.3 Å². The van der Waals surface area contributed by atoms with Gasteiger partial charge in [0.1, 0.15) is 0 Å². The Balaban J connectivity index is 1.54. The Morgan fingerprint density at radius 1 is 1.15 bits per heavy atom. The first-order valence-electron chi connectivity index (χ1n) is 10.0. The molecule has 0 saturated carbocycles. The SMILES string of the molecule is Cc1cccc(CN2CCC[C@@]3(CCN(CC(=O)NC(C)(C)C)C3)C2)c1. The minimum absolute atomic E-state index is 0.149. The summed E-state index contributed by atoms with van der Waals surface area (Å²) >= 11 is 0. The Morgan fingerprint density at radius 3 is 2.65 bits per heavy atom. The molecule has 1 spiro atoms. The molecule has 2 fully saturated rings. The van der Waals surface area contributed by atoms with Crippen LogP contribution >= 0.6 is 0 Å². The Kier molecular flexibility index (Phi) is 5.73. The molecule has 1 amide bonds. The van der Waals surface area contributed by atoms with Crippen molar-refractivity contribution in [1.82, 2.24) is 15.1 Å². The van der Waals surface area contributed by atoms with Crippen molar-refractivity contribution in [3.05, 3.63) is 35.4 Å². The molecule has 0 aromatic heterocycles. The highest BCUT2D eigenvalue weighted by atomic mass is 16.2.